The molecule has 1 saturated carbocycles. The highest BCUT2D eigenvalue weighted by Crippen LogP contribution is 2.38. The quantitative estimate of drug-likeness (QED) is 0.305. The number of hydrogen-bond acceptors (Lipinski definition) is 8. The van der Waals surface area contributed by atoms with Gasteiger partial charge >= 0.3 is 0 Å². The van der Waals surface area contributed by atoms with Crippen molar-refractivity contribution in [3.63, 3.8) is 0 Å². The number of nitrogen functional groups attached to an aromatic ring is 1. The number of primary amides is 1. The molecule has 3 amide bonds. The Morgan fingerprint density at radius 3 is 2.59 bits per heavy atom. The van der Waals surface area contributed by atoms with E-state index in [2.05, 4.69) is 14.7 Å². The van der Waals surface area contributed by atoms with E-state index in [1.807, 2.05) is 24.3 Å². The standard InChI is InChI=1S/C28H28N6O4S/c1-38-21-11-5-4-10-20(21)34(28(37)25-22(29)23(26(30)35)33-39-25)24(27(36)32-18-8-2-3-9-18)17-12-13-19-16(15-17)7-6-14-31-19/h4-7,10-15,18,24H,2-3,8-9,29H2,1H3,(H2,30,35)(H,32,36). The molecular weight excluding hydrogens is 516 g/mol. The molecule has 1 unspecified atom stereocenters. The highest BCUT2D eigenvalue weighted by Gasteiger charge is 2.38. The van der Waals surface area contributed by atoms with Crippen LogP contribution in [-0.2, 0) is 4.79 Å². The molecule has 11 heteroatoms. The van der Waals surface area contributed by atoms with Crippen molar-refractivity contribution in [1.29, 1.82) is 0 Å². The van der Waals surface area contributed by atoms with Crippen LogP contribution in [0.1, 0.15) is 57.4 Å². The van der Waals surface area contributed by atoms with Crippen molar-refractivity contribution in [2.75, 3.05) is 17.7 Å². The van der Waals surface area contributed by atoms with Gasteiger partial charge in [0.1, 0.15) is 16.7 Å². The zero-order valence-corrected chi connectivity index (χ0v) is 22.1. The van der Waals surface area contributed by atoms with Crippen molar-refractivity contribution in [2.45, 2.75) is 37.8 Å². The molecule has 1 aliphatic rings. The maximum absolute atomic E-state index is 14.3. The first kappa shape index (κ1) is 26.1. The van der Waals surface area contributed by atoms with Crippen LogP contribution in [0.2, 0.25) is 0 Å². The zero-order valence-electron chi connectivity index (χ0n) is 21.3. The predicted molar refractivity (Wildman–Crippen MR) is 150 cm³/mol. The number of amides is 3. The minimum Gasteiger partial charge on any atom is -0.495 e. The van der Waals surface area contributed by atoms with E-state index in [0.717, 1.165) is 48.1 Å². The summed E-state index contributed by atoms with van der Waals surface area (Å²) in [5, 5.41) is 3.97. The summed E-state index contributed by atoms with van der Waals surface area (Å²) in [7, 11) is 1.49. The van der Waals surface area contributed by atoms with Crippen LogP contribution in [-0.4, -0.2) is 40.2 Å². The fraction of sp³-hybridized carbons (Fsp3) is 0.250. The Balaban J connectivity index is 1.70. The van der Waals surface area contributed by atoms with Gasteiger partial charge < -0.3 is 21.5 Å². The molecule has 1 fully saturated rings. The lowest BCUT2D eigenvalue weighted by Crippen LogP contribution is -2.46. The second-order valence-electron chi connectivity index (χ2n) is 9.33. The number of pyridine rings is 1. The van der Waals surface area contributed by atoms with Gasteiger partial charge in [0.15, 0.2) is 5.69 Å². The van der Waals surface area contributed by atoms with Crippen LogP contribution in [0.25, 0.3) is 10.9 Å². The number of nitrogens with zero attached hydrogens (tertiary/aromatic N) is 3. The summed E-state index contributed by atoms with van der Waals surface area (Å²) in [5.74, 6) is -1.42. The van der Waals surface area contributed by atoms with Crippen LogP contribution in [0, 0.1) is 0 Å². The van der Waals surface area contributed by atoms with Crippen LogP contribution in [0.5, 0.6) is 5.75 Å². The third kappa shape index (κ3) is 5.13. The first-order valence-corrected chi connectivity index (χ1v) is 13.3. The fourth-order valence-electron chi connectivity index (χ4n) is 4.97. The van der Waals surface area contributed by atoms with Gasteiger partial charge in [-0.25, -0.2) is 0 Å². The van der Waals surface area contributed by atoms with Gasteiger partial charge in [0.2, 0.25) is 5.91 Å². The van der Waals surface area contributed by atoms with Crippen molar-refractivity contribution in [3.05, 3.63) is 76.9 Å². The van der Waals surface area contributed by atoms with Crippen molar-refractivity contribution >= 4 is 51.5 Å². The number of carbonyl (C=O) groups is 3. The molecular formula is C28H28N6O4S. The summed E-state index contributed by atoms with van der Waals surface area (Å²) < 4.78 is 9.61. The zero-order chi connectivity index (χ0) is 27.5. The topological polar surface area (TPSA) is 154 Å². The average Bonchev–Trinajstić information content (AvgIpc) is 3.60. The van der Waals surface area contributed by atoms with Crippen LogP contribution >= 0.6 is 11.5 Å². The molecule has 5 rings (SSSR count). The van der Waals surface area contributed by atoms with Crippen LogP contribution in [0.15, 0.2) is 60.8 Å². The number of rotatable bonds is 8. The number of benzene rings is 2. The van der Waals surface area contributed by atoms with Crippen LogP contribution in [0.3, 0.4) is 0 Å². The fourth-order valence-corrected chi connectivity index (χ4v) is 5.71. The number of ether oxygens (including phenoxy) is 1. The Hall–Kier alpha value is -4.51. The van der Waals surface area contributed by atoms with Gasteiger partial charge in [-0.1, -0.05) is 37.1 Å². The van der Waals surface area contributed by atoms with Crippen molar-refractivity contribution < 1.29 is 19.1 Å². The number of hydrogen-bond donors (Lipinski definition) is 3. The summed E-state index contributed by atoms with van der Waals surface area (Å²) in [6.07, 6.45) is 5.48. The Morgan fingerprint density at radius 2 is 1.87 bits per heavy atom. The molecule has 5 N–H and O–H groups in total. The number of carbonyl (C=O) groups excluding carboxylic acids is 3. The lowest BCUT2D eigenvalue weighted by molar-refractivity contribution is -0.123. The van der Waals surface area contributed by atoms with Crippen molar-refractivity contribution in [3.8, 4) is 5.75 Å². The van der Waals surface area contributed by atoms with Gasteiger partial charge in [-0.15, -0.1) is 0 Å². The summed E-state index contributed by atoms with van der Waals surface area (Å²) in [5.41, 5.74) is 13.0. The number of nitrogens with one attached hydrogen (secondary N) is 1. The maximum Gasteiger partial charge on any atom is 0.273 e. The highest BCUT2D eigenvalue weighted by atomic mass is 32.1. The number of aromatic nitrogens is 2. The predicted octanol–water partition coefficient (Wildman–Crippen LogP) is 3.83. The third-order valence-corrected chi connectivity index (χ3v) is 7.72. The molecule has 2 aromatic carbocycles. The van der Waals surface area contributed by atoms with Gasteiger partial charge in [0.05, 0.1) is 24.0 Å². The summed E-state index contributed by atoms with van der Waals surface area (Å²) in [6, 6.07) is 15.0. The third-order valence-electron chi connectivity index (χ3n) is 6.87. The molecule has 39 heavy (non-hydrogen) atoms. The smallest absolute Gasteiger partial charge is 0.273 e. The molecule has 1 aliphatic carbocycles. The number of methoxy groups -OCH3 is 1. The first-order valence-electron chi connectivity index (χ1n) is 12.6. The monoisotopic (exact) mass is 544 g/mol. The Kier molecular flexibility index (Phi) is 7.42. The van der Waals surface area contributed by atoms with Crippen molar-refractivity contribution in [1.82, 2.24) is 14.7 Å². The minimum absolute atomic E-state index is 0.00386. The average molecular weight is 545 g/mol. The second-order valence-corrected chi connectivity index (χ2v) is 10.1. The molecule has 0 bridgehead atoms. The van der Waals surface area contributed by atoms with Gasteiger partial charge in [-0.3, -0.25) is 24.3 Å². The van der Waals surface area contributed by atoms with E-state index in [4.69, 9.17) is 16.2 Å². The molecule has 0 saturated heterocycles. The van der Waals surface area contributed by atoms with Gasteiger partial charge in [-0.2, -0.15) is 4.37 Å². The summed E-state index contributed by atoms with van der Waals surface area (Å²) >= 11 is 0.759. The van der Waals surface area contributed by atoms with Gasteiger partial charge in [-0.05, 0) is 60.3 Å². The minimum atomic E-state index is -1.10. The summed E-state index contributed by atoms with van der Waals surface area (Å²) in [6.45, 7) is 0. The molecule has 0 spiro atoms. The molecule has 0 aliphatic heterocycles. The van der Waals surface area contributed by atoms with Crippen molar-refractivity contribution in [2.24, 2.45) is 5.73 Å². The second kappa shape index (κ2) is 11.1. The van der Waals surface area contributed by atoms with E-state index in [1.165, 1.54) is 12.0 Å². The Labute approximate surface area is 229 Å². The molecule has 1 atom stereocenters. The van der Waals surface area contributed by atoms with Gasteiger partial charge in [0, 0.05) is 17.6 Å². The largest absolute Gasteiger partial charge is 0.495 e. The molecule has 2 heterocycles. The number of nitrogens with two attached hydrogens (primary N) is 2. The lowest BCUT2D eigenvalue weighted by Gasteiger charge is -2.33. The lowest BCUT2D eigenvalue weighted by atomic mass is 9.99. The highest BCUT2D eigenvalue weighted by molar-refractivity contribution is 7.09. The Bertz CT molecular complexity index is 1550. The van der Waals surface area contributed by atoms with E-state index >= 15 is 0 Å². The van der Waals surface area contributed by atoms with E-state index in [0.29, 0.717) is 17.0 Å². The van der Waals surface area contributed by atoms with E-state index in [9.17, 15) is 14.4 Å². The maximum atomic E-state index is 14.3. The molecule has 2 aromatic heterocycles. The normalized spacial score (nSPS) is 14.2. The van der Waals surface area contributed by atoms with Gasteiger partial charge in [0.25, 0.3) is 11.8 Å². The number of anilines is 2. The summed E-state index contributed by atoms with van der Waals surface area (Å²) in [4.78, 5) is 46.0. The molecule has 4 aromatic rings. The molecule has 0 radical (unpaired) electrons. The Morgan fingerprint density at radius 1 is 1.10 bits per heavy atom. The molecule has 200 valence electrons. The SMILES string of the molecule is COc1ccccc1N(C(=O)c1snc(C(N)=O)c1N)C(C(=O)NC1CCCC1)c1ccc2ncccc2c1. The van der Waals surface area contributed by atoms with Crippen LogP contribution in [0.4, 0.5) is 11.4 Å². The van der Waals surface area contributed by atoms with E-state index in [1.54, 1.807) is 36.5 Å². The van der Waals surface area contributed by atoms with Crippen LogP contribution < -0.4 is 26.4 Å². The number of para-hydroxylation sites is 2. The van der Waals surface area contributed by atoms with E-state index in [-0.39, 0.29) is 28.2 Å². The molecule has 10 nitrogen and oxygen atoms in total. The van der Waals surface area contributed by atoms with E-state index < -0.39 is 17.9 Å². The first-order chi connectivity index (χ1) is 18.9. The number of fused-ring (bicyclic) bond motifs is 1.